The molecule has 0 saturated carbocycles. The standard InChI is InChI=1S/C13H17ClN2O/c1-8-5-10(7-11(14)6-8)13(17)16-4-3-12(15)9(16)2/h5-7,9,12H,3-4,15H2,1-2H3. The van der Waals surface area contributed by atoms with E-state index in [1.54, 1.807) is 6.07 Å². The molecule has 1 aromatic rings. The molecule has 2 N–H and O–H groups in total. The lowest BCUT2D eigenvalue weighted by atomic mass is 10.1. The second-order valence-electron chi connectivity index (χ2n) is 4.71. The Morgan fingerprint density at radius 3 is 2.71 bits per heavy atom. The van der Waals surface area contributed by atoms with Gasteiger partial charge >= 0.3 is 0 Å². The van der Waals surface area contributed by atoms with Gasteiger partial charge in [-0.1, -0.05) is 11.6 Å². The van der Waals surface area contributed by atoms with Crippen molar-refractivity contribution in [2.45, 2.75) is 32.4 Å². The van der Waals surface area contributed by atoms with Crippen molar-refractivity contribution in [3.05, 3.63) is 34.3 Å². The van der Waals surface area contributed by atoms with Crippen molar-refractivity contribution in [3.8, 4) is 0 Å². The van der Waals surface area contributed by atoms with E-state index in [0.29, 0.717) is 10.6 Å². The van der Waals surface area contributed by atoms with Crippen molar-refractivity contribution >= 4 is 17.5 Å². The van der Waals surface area contributed by atoms with Crippen molar-refractivity contribution in [1.29, 1.82) is 0 Å². The largest absolute Gasteiger partial charge is 0.334 e. The Hall–Kier alpha value is -1.06. The van der Waals surface area contributed by atoms with Crippen molar-refractivity contribution in [2.24, 2.45) is 5.73 Å². The minimum atomic E-state index is 0.0241. The monoisotopic (exact) mass is 252 g/mol. The van der Waals surface area contributed by atoms with Crippen LogP contribution in [0.15, 0.2) is 18.2 Å². The molecule has 1 aliphatic heterocycles. The van der Waals surface area contributed by atoms with Gasteiger partial charge < -0.3 is 10.6 Å². The van der Waals surface area contributed by atoms with Crippen molar-refractivity contribution in [3.63, 3.8) is 0 Å². The topological polar surface area (TPSA) is 46.3 Å². The minimum absolute atomic E-state index is 0.0241. The highest BCUT2D eigenvalue weighted by molar-refractivity contribution is 6.31. The molecule has 1 aliphatic rings. The normalized spacial score (nSPS) is 24.1. The van der Waals surface area contributed by atoms with Crippen LogP contribution in [0.3, 0.4) is 0 Å². The highest BCUT2D eigenvalue weighted by atomic mass is 35.5. The van der Waals surface area contributed by atoms with Crippen LogP contribution >= 0.6 is 11.6 Å². The van der Waals surface area contributed by atoms with Crippen molar-refractivity contribution < 1.29 is 4.79 Å². The lowest BCUT2D eigenvalue weighted by Gasteiger charge is -2.23. The number of likely N-dealkylation sites (tertiary alicyclic amines) is 1. The average molecular weight is 253 g/mol. The number of nitrogens with two attached hydrogens (primary N) is 1. The fourth-order valence-electron chi connectivity index (χ4n) is 2.28. The predicted molar refractivity (Wildman–Crippen MR) is 69.3 cm³/mol. The zero-order chi connectivity index (χ0) is 12.6. The maximum atomic E-state index is 12.3. The van der Waals surface area contributed by atoms with Gasteiger partial charge in [0.1, 0.15) is 0 Å². The molecule has 0 spiro atoms. The van der Waals surface area contributed by atoms with E-state index in [9.17, 15) is 4.79 Å². The maximum absolute atomic E-state index is 12.3. The molecule has 1 aromatic carbocycles. The third-order valence-electron chi connectivity index (χ3n) is 3.36. The molecule has 2 rings (SSSR count). The predicted octanol–water partition coefficient (Wildman–Crippen LogP) is 2.21. The van der Waals surface area contributed by atoms with Crippen molar-refractivity contribution in [1.82, 2.24) is 4.90 Å². The smallest absolute Gasteiger partial charge is 0.254 e. The fraction of sp³-hybridized carbons (Fsp3) is 0.462. The van der Waals surface area contributed by atoms with Crippen molar-refractivity contribution in [2.75, 3.05) is 6.54 Å². The number of amides is 1. The SMILES string of the molecule is Cc1cc(Cl)cc(C(=O)N2CCC(N)C2C)c1. The molecule has 0 aromatic heterocycles. The number of carbonyl (C=O) groups excluding carboxylic acids is 1. The van der Waals surface area contributed by atoms with Crippen LogP contribution in [-0.2, 0) is 0 Å². The Morgan fingerprint density at radius 2 is 2.18 bits per heavy atom. The summed E-state index contributed by atoms with van der Waals surface area (Å²) in [5.41, 5.74) is 7.57. The second kappa shape index (κ2) is 4.67. The van der Waals surface area contributed by atoms with Crippen LogP contribution < -0.4 is 5.73 Å². The molecule has 0 radical (unpaired) electrons. The molecule has 1 fully saturated rings. The molecule has 1 amide bonds. The van der Waals surface area contributed by atoms with Crippen LogP contribution in [0.5, 0.6) is 0 Å². The van der Waals surface area contributed by atoms with Gasteiger partial charge in [0.2, 0.25) is 0 Å². The van der Waals surface area contributed by atoms with Crippen LogP contribution in [0.4, 0.5) is 0 Å². The van der Waals surface area contributed by atoms with E-state index in [1.807, 2.05) is 30.9 Å². The number of rotatable bonds is 1. The average Bonchev–Trinajstić information content (AvgIpc) is 2.57. The van der Waals surface area contributed by atoms with Gasteiger partial charge in [0.05, 0.1) is 0 Å². The Balaban J connectivity index is 2.25. The quantitative estimate of drug-likeness (QED) is 0.833. The zero-order valence-electron chi connectivity index (χ0n) is 10.1. The van der Waals surface area contributed by atoms with Gasteiger partial charge in [-0.3, -0.25) is 4.79 Å². The number of benzene rings is 1. The summed E-state index contributed by atoms with van der Waals surface area (Å²) in [6.07, 6.45) is 0.868. The summed E-state index contributed by atoms with van der Waals surface area (Å²) in [6, 6.07) is 5.61. The second-order valence-corrected chi connectivity index (χ2v) is 5.15. The Labute approximate surface area is 107 Å². The summed E-state index contributed by atoms with van der Waals surface area (Å²) in [6.45, 7) is 4.65. The highest BCUT2D eigenvalue weighted by Crippen LogP contribution is 2.21. The third kappa shape index (κ3) is 2.45. The first kappa shape index (κ1) is 12.4. The van der Waals surface area contributed by atoms with E-state index in [1.165, 1.54) is 0 Å². The van der Waals surface area contributed by atoms with E-state index in [-0.39, 0.29) is 18.0 Å². The first-order valence-corrected chi connectivity index (χ1v) is 6.20. The van der Waals surface area contributed by atoms with E-state index in [4.69, 9.17) is 17.3 Å². The number of carbonyl (C=O) groups is 1. The molecule has 17 heavy (non-hydrogen) atoms. The summed E-state index contributed by atoms with van der Waals surface area (Å²) in [4.78, 5) is 14.1. The number of nitrogens with zero attached hydrogens (tertiary/aromatic N) is 1. The van der Waals surface area contributed by atoms with Gasteiger partial charge in [-0.2, -0.15) is 0 Å². The van der Waals surface area contributed by atoms with Crippen LogP contribution in [0.1, 0.15) is 29.3 Å². The van der Waals surface area contributed by atoms with E-state index in [0.717, 1.165) is 18.5 Å². The van der Waals surface area contributed by atoms with Gasteiger partial charge in [0.25, 0.3) is 5.91 Å². The van der Waals surface area contributed by atoms with Gasteiger partial charge in [-0.15, -0.1) is 0 Å². The molecule has 4 heteroatoms. The third-order valence-corrected chi connectivity index (χ3v) is 3.58. The van der Waals surface area contributed by atoms with Crippen LogP contribution in [0.2, 0.25) is 5.02 Å². The molecule has 92 valence electrons. The van der Waals surface area contributed by atoms with Crippen LogP contribution in [0.25, 0.3) is 0 Å². The number of hydrogen-bond donors (Lipinski definition) is 1. The minimum Gasteiger partial charge on any atom is -0.334 e. The molecule has 1 saturated heterocycles. The molecule has 0 aliphatic carbocycles. The fourth-order valence-corrected chi connectivity index (χ4v) is 2.57. The Morgan fingerprint density at radius 1 is 1.47 bits per heavy atom. The molecule has 1 heterocycles. The molecule has 0 bridgehead atoms. The molecule has 2 unspecified atom stereocenters. The zero-order valence-corrected chi connectivity index (χ0v) is 10.9. The molecular weight excluding hydrogens is 236 g/mol. The summed E-state index contributed by atoms with van der Waals surface area (Å²) < 4.78 is 0. The highest BCUT2D eigenvalue weighted by Gasteiger charge is 2.31. The Kier molecular flexibility index (Phi) is 3.40. The molecule has 2 atom stereocenters. The number of hydrogen-bond acceptors (Lipinski definition) is 2. The lowest BCUT2D eigenvalue weighted by molar-refractivity contribution is 0.0742. The van der Waals surface area contributed by atoms with Gasteiger partial charge in [0.15, 0.2) is 0 Å². The van der Waals surface area contributed by atoms with Gasteiger partial charge in [0, 0.05) is 29.2 Å². The lowest BCUT2D eigenvalue weighted by Crippen LogP contribution is -2.40. The van der Waals surface area contributed by atoms with E-state index < -0.39 is 0 Å². The first-order valence-electron chi connectivity index (χ1n) is 5.83. The maximum Gasteiger partial charge on any atom is 0.254 e. The summed E-state index contributed by atoms with van der Waals surface area (Å²) in [7, 11) is 0. The summed E-state index contributed by atoms with van der Waals surface area (Å²) in [5, 5.41) is 0.601. The first-order chi connectivity index (χ1) is 7.99. The molecular formula is C13H17ClN2O. The van der Waals surface area contributed by atoms with Crippen LogP contribution in [-0.4, -0.2) is 29.4 Å². The summed E-state index contributed by atoms with van der Waals surface area (Å²) in [5.74, 6) is 0.0241. The van der Waals surface area contributed by atoms with E-state index in [2.05, 4.69) is 0 Å². The summed E-state index contributed by atoms with van der Waals surface area (Å²) >= 11 is 5.97. The Bertz CT molecular complexity index is 427. The van der Waals surface area contributed by atoms with Crippen LogP contribution in [0, 0.1) is 6.92 Å². The van der Waals surface area contributed by atoms with Gasteiger partial charge in [-0.05, 0) is 44.0 Å². The van der Waals surface area contributed by atoms with E-state index >= 15 is 0 Å². The number of aryl methyl sites for hydroxylation is 1. The molecule has 3 nitrogen and oxygen atoms in total. The number of halogens is 1. The van der Waals surface area contributed by atoms with Gasteiger partial charge in [-0.25, -0.2) is 0 Å².